The Balaban J connectivity index is 2.50. The first kappa shape index (κ1) is 31.6. The van der Waals surface area contributed by atoms with Crippen LogP contribution in [0.5, 0.6) is 0 Å². The lowest BCUT2D eigenvalue weighted by Gasteiger charge is -2.43. The van der Waals surface area contributed by atoms with Gasteiger partial charge in [0.1, 0.15) is 17.7 Å². The first-order chi connectivity index (χ1) is 17.8. The first-order valence-electron chi connectivity index (χ1n) is 13.5. The third-order valence-corrected chi connectivity index (χ3v) is 7.05. The van der Waals surface area contributed by atoms with Crippen LogP contribution in [0, 0.1) is 12.3 Å². The molecule has 1 fully saturated rings. The average Bonchev–Trinajstić information content (AvgIpc) is 2.83. The van der Waals surface area contributed by atoms with Crippen LogP contribution < -0.4 is 10.6 Å². The molecule has 2 N–H and O–H groups in total. The smallest absolute Gasteiger partial charge is 0.408 e. The summed E-state index contributed by atoms with van der Waals surface area (Å²) < 4.78 is 5.46. The molecule has 1 saturated carbocycles. The van der Waals surface area contributed by atoms with E-state index in [0.29, 0.717) is 23.3 Å². The Morgan fingerprint density at radius 3 is 2.18 bits per heavy atom. The fourth-order valence-electron chi connectivity index (χ4n) is 4.66. The van der Waals surface area contributed by atoms with Crippen LogP contribution in [-0.4, -0.2) is 58.0 Å². The van der Waals surface area contributed by atoms with Crippen LogP contribution in [0.1, 0.15) is 97.2 Å². The van der Waals surface area contributed by atoms with E-state index >= 15 is 0 Å². The summed E-state index contributed by atoms with van der Waals surface area (Å²) in [5, 5.41) is 6.00. The number of carbonyl (C=O) groups excluding carboxylic acids is 3. The quantitative estimate of drug-likeness (QED) is 0.406. The van der Waals surface area contributed by atoms with E-state index in [4.69, 9.17) is 11.2 Å². The van der Waals surface area contributed by atoms with E-state index in [1.807, 2.05) is 39.2 Å². The average molecular weight is 544 g/mol. The zero-order chi connectivity index (χ0) is 28.5. The molecule has 1 aromatic rings. The number of alkyl carbamates (subject to hydrolysis) is 1. The second-order valence-corrected chi connectivity index (χ2v) is 12.9. The van der Waals surface area contributed by atoms with Gasteiger partial charge in [0.05, 0.1) is 0 Å². The Labute approximate surface area is 233 Å². The van der Waals surface area contributed by atoms with E-state index in [0.717, 1.165) is 25.7 Å². The van der Waals surface area contributed by atoms with E-state index in [9.17, 15) is 14.4 Å². The van der Waals surface area contributed by atoms with Crippen molar-refractivity contribution in [3.05, 3.63) is 35.4 Å². The van der Waals surface area contributed by atoms with Gasteiger partial charge >= 0.3 is 6.09 Å². The lowest BCUT2D eigenvalue weighted by atomic mass is 9.92. The van der Waals surface area contributed by atoms with E-state index in [1.54, 1.807) is 49.6 Å². The van der Waals surface area contributed by atoms with Gasteiger partial charge < -0.3 is 20.3 Å². The minimum Gasteiger partial charge on any atom is -0.444 e. The van der Waals surface area contributed by atoms with Crippen LogP contribution in [0.15, 0.2) is 24.3 Å². The Bertz CT molecular complexity index is 983. The van der Waals surface area contributed by atoms with Crippen molar-refractivity contribution in [1.29, 1.82) is 0 Å². The highest BCUT2D eigenvalue weighted by atomic mass is 32.2. The van der Waals surface area contributed by atoms with Crippen molar-refractivity contribution in [2.75, 3.05) is 12.0 Å². The molecule has 8 heteroatoms. The summed E-state index contributed by atoms with van der Waals surface area (Å²) in [6.07, 6.45) is 12.4. The van der Waals surface area contributed by atoms with Crippen molar-refractivity contribution >= 4 is 29.7 Å². The van der Waals surface area contributed by atoms with Crippen LogP contribution in [-0.2, 0) is 14.3 Å². The predicted molar refractivity (Wildman–Crippen MR) is 155 cm³/mol. The van der Waals surface area contributed by atoms with Gasteiger partial charge in [-0.05, 0) is 90.5 Å². The molecule has 1 aromatic carbocycles. The number of hydrogen-bond donors (Lipinski definition) is 2. The first-order valence-corrected chi connectivity index (χ1v) is 14.8. The van der Waals surface area contributed by atoms with Gasteiger partial charge in [-0.1, -0.05) is 37.3 Å². The number of hydrogen-bond acceptors (Lipinski definition) is 5. The number of ether oxygens (including phenoxy) is 1. The maximum Gasteiger partial charge on any atom is 0.408 e. The molecule has 3 amide bonds. The highest BCUT2D eigenvalue weighted by Gasteiger charge is 2.42. The van der Waals surface area contributed by atoms with Crippen LogP contribution in [0.2, 0.25) is 0 Å². The SMILES string of the molecule is C#Cc1ccc(C(C(=O)NC2CCCCC2)N(C(=O)C(CCSC)NC(=O)OC(C)(C)C)C(C)(C)C)cc1. The molecule has 7 nitrogen and oxygen atoms in total. The summed E-state index contributed by atoms with van der Waals surface area (Å²) in [7, 11) is 0. The van der Waals surface area contributed by atoms with Gasteiger partial charge in [-0.25, -0.2) is 4.79 Å². The van der Waals surface area contributed by atoms with E-state index in [-0.39, 0.29) is 17.9 Å². The van der Waals surface area contributed by atoms with Crippen molar-refractivity contribution in [1.82, 2.24) is 15.5 Å². The highest BCUT2D eigenvalue weighted by Crippen LogP contribution is 2.31. The number of thioether (sulfide) groups is 1. The highest BCUT2D eigenvalue weighted by molar-refractivity contribution is 7.98. The molecule has 0 radical (unpaired) electrons. The third kappa shape index (κ3) is 9.58. The standard InChI is InChI=1S/C30H45N3O4S/c1-9-21-15-17-22(18-16-21)25(26(34)31-23-13-11-10-12-14-23)33(29(2,3)4)27(35)24(19-20-38-8)32-28(36)37-30(5,6)7/h1,15-18,23-25H,10-14,19-20H2,2-8H3,(H,31,34)(H,32,36). The molecule has 2 unspecified atom stereocenters. The number of terminal acetylenes is 1. The molecular weight excluding hydrogens is 498 g/mol. The number of benzene rings is 1. The second-order valence-electron chi connectivity index (χ2n) is 11.9. The minimum absolute atomic E-state index is 0.0767. The van der Waals surface area contributed by atoms with Gasteiger partial charge in [-0.2, -0.15) is 11.8 Å². The van der Waals surface area contributed by atoms with Crippen molar-refractivity contribution in [3.63, 3.8) is 0 Å². The molecule has 1 aliphatic rings. The molecular formula is C30H45N3O4S. The molecule has 0 aromatic heterocycles. The topological polar surface area (TPSA) is 87.7 Å². The van der Waals surface area contributed by atoms with Gasteiger partial charge in [-0.3, -0.25) is 9.59 Å². The van der Waals surface area contributed by atoms with Crippen molar-refractivity contribution < 1.29 is 19.1 Å². The number of carbonyl (C=O) groups is 3. The zero-order valence-corrected chi connectivity index (χ0v) is 24.9. The van der Waals surface area contributed by atoms with Gasteiger partial charge in [0.2, 0.25) is 11.8 Å². The summed E-state index contributed by atoms with van der Waals surface area (Å²) in [6.45, 7) is 11.0. The van der Waals surface area contributed by atoms with Crippen molar-refractivity contribution in [3.8, 4) is 12.3 Å². The normalized spacial score (nSPS) is 16.1. The Kier molecular flexibility index (Phi) is 11.6. The maximum absolute atomic E-state index is 14.3. The van der Waals surface area contributed by atoms with Crippen LogP contribution in [0.3, 0.4) is 0 Å². The lowest BCUT2D eigenvalue weighted by molar-refractivity contribution is -0.148. The van der Waals surface area contributed by atoms with Crippen LogP contribution >= 0.6 is 11.8 Å². The second kappa shape index (κ2) is 13.9. The molecule has 0 spiro atoms. The van der Waals surface area contributed by atoms with E-state index in [1.165, 1.54) is 6.42 Å². The summed E-state index contributed by atoms with van der Waals surface area (Å²) in [5.74, 6) is 2.70. The molecule has 0 aliphatic heterocycles. The largest absolute Gasteiger partial charge is 0.444 e. The molecule has 0 bridgehead atoms. The van der Waals surface area contributed by atoms with Gasteiger partial charge in [0, 0.05) is 17.1 Å². The molecule has 210 valence electrons. The van der Waals surface area contributed by atoms with Crippen molar-refractivity contribution in [2.45, 2.75) is 109 Å². The summed E-state index contributed by atoms with van der Waals surface area (Å²) >= 11 is 1.58. The lowest BCUT2D eigenvalue weighted by Crippen LogP contribution is -2.59. The predicted octanol–water partition coefficient (Wildman–Crippen LogP) is 5.43. The molecule has 38 heavy (non-hydrogen) atoms. The van der Waals surface area contributed by atoms with Gasteiger partial charge in [-0.15, -0.1) is 6.42 Å². The summed E-state index contributed by atoms with van der Waals surface area (Å²) in [4.78, 5) is 42.5. The van der Waals surface area contributed by atoms with Crippen molar-refractivity contribution in [2.24, 2.45) is 0 Å². The Morgan fingerprint density at radius 1 is 1.08 bits per heavy atom. The van der Waals surface area contributed by atoms with E-state index in [2.05, 4.69) is 16.6 Å². The molecule has 0 saturated heterocycles. The monoisotopic (exact) mass is 543 g/mol. The summed E-state index contributed by atoms with van der Waals surface area (Å²) in [5.41, 5.74) is -0.0779. The number of nitrogens with zero attached hydrogens (tertiary/aromatic N) is 1. The molecule has 2 atom stereocenters. The van der Waals surface area contributed by atoms with E-state index < -0.39 is 29.3 Å². The number of nitrogens with one attached hydrogen (secondary N) is 2. The zero-order valence-electron chi connectivity index (χ0n) is 24.1. The Morgan fingerprint density at radius 2 is 1.68 bits per heavy atom. The molecule has 1 aliphatic carbocycles. The Hall–Kier alpha value is -2.66. The van der Waals surface area contributed by atoms with Crippen LogP contribution in [0.25, 0.3) is 0 Å². The third-order valence-electron chi connectivity index (χ3n) is 6.41. The summed E-state index contributed by atoms with van der Waals surface area (Å²) in [6, 6.07) is 5.51. The fourth-order valence-corrected chi connectivity index (χ4v) is 5.13. The number of rotatable bonds is 9. The minimum atomic E-state index is -0.895. The fraction of sp³-hybridized carbons (Fsp3) is 0.633. The number of amides is 3. The van der Waals surface area contributed by atoms with Crippen LogP contribution in [0.4, 0.5) is 4.79 Å². The maximum atomic E-state index is 14.3. The van der Waals surface area contributed by atoms with Gasteiger partial charge in [0.15, 0.2) is 0 Å². The molecule has 0 heterocycles. The van der Waals surface area contributed by atoms with Gasteiger partial charge in [0.25, 0.3) is 0 Å². The molecule has 2 rings (SSSR count).